The molecule has 0 saturated carbocycles. The lowest BCUT2D eigenvalue weighted by Crippen LogP contribution is -2.46. The predicted octanol–water partition coefficient (Wildman–Crippen LogP) is 2.90. The standard InChI is InChI=1S/C17H22ClF2N3O3/c1-21-17(23-7-5-11(6-8-23)15(24)25-2)22-10-12-9-13(18)3-4-14(12)26-16(19)20/h3-4,9,11,16H,5-8,10H2,1-2H3,(H,21,22). The molecule has 1 heterocycles. The predicted molar refractivity (Wildman–Crippen MR) is 94.6 cm³/mol. The Labute approximate surface area is 156 Å². The van der Waals surface area contributed by atoms with Crippen molar-refractivity contribution in [3.05, 3.63) is 28.8 Å². The molecule has 1 aliphatic heterocycles. The molecule has 9 heteroatoms. The monoisotopic (exact) mass is 389 g/mol. The van der Waals surface area contributed by atoms with E-state index in [1.54, 1.807) is 13.1 Å². The molecule has 0 unspecified atom stereocenters. The molecule has 6 nitrogen and oxygen atoms in total. The average molecular weight is 390 g/mol. The highest BCUT2D eigenvalue weighted by molar-refractivity contribution is 6.30. The SMILES string of the molecule is CN=C(NCc1cc(Cl)ccc1OC(F)F)N1CCC(C(=O)OC)CC1. The van der Waals surface area contributed by atoms with Crippen LogP contribution in [0, 0.1) is 5.92 Å². The van der Waals surface area contributed by atoms with Gasteiger partial charge in [0.05, 0.1) is 13.0 Å². The van der Waals surface area contributed by atoms with Crippen LogP contribution in [-0.2, 0) is 16.1 Å². The molecule has 0 amide bonds. The summed E-state index contributed by atoms with van der Waals surface area (Å²) in [7, 11) is 3.03. The van der Waals surface area contributed by atoms with Crippen molar-refractivity contribution in [1.82, 2.24) is 10.2 Å². The van der Waals surface area contributed by atoms with Crippen molar-refractivity contribution in [2.45, 2.75) is 26.0 Å². The van der Waals surface area contributed by atoms with Gasteiger partial charge in [0, 0.05) is 37.3 Å². The van der Waals surface area contributed by atoms with Gasteiger partial charge in [-0.05, 0) is 31.0 Å². The lowest BCUT2D eigenvalue weighted by atomic mass is 9.97. The van der Waals surface area contributed by atoms with Crippen LogP contribution in [0.3, 0.4) is 0 Å². The second kappa shape index (κ2) is 9.56. The summed E-state index contributed by atoms with van der Waals surface area (Å²) < 4.78 is 34.4. The number of piperidine rings is 1. The number of ether oxygens (including phenoxy) is 2. The largest absolute Gasteiger partial charge is 0.469 e. The van der Waals surface area contributed by atoms with Crippen LogP contribution in [0.2, 0.25) is 5.02 Å². The number of esters is 1. The molecule has 1 N–H and O–H groups in total. The lowest BCUT2D eigenvalue weighted by Gasteiger charge is -2.33. The summed E-state index contributed by atoms with van der Waals surface area (Å²) in [5, 5.41) is 3.56. The fraction of sp³-hybridized carbons (Fsp3) is 0.529. The minimum Gasteiger partial charge on any atom is -0.469 e. The number of hydrogen-bond acceptors (Lipinski definition) is 4. The first-order chi connectivity index (χ1) is 12.4. The number of aliphatic imine (C=N–C) groups is 1. The maximum absolute atomic E-state index is 12.5. The van der Waals surface area contributed by atoms with Crippen LogP contribution < -0.4 is 10.1 Å². The van der Waals surface area contributed by atoms with Crippen LogP contribution in [0.5, 0.6) is 5.75 Å². The molecule has 0 aromatic heterocycles. The maximum Gasteiger partial charge on any atom is 0.387 e. The molecule has 26 heavy (non-hydrogen) atoms. The number of rotatable bonds is 5. The summed E-state index contributed by atoms with van der Waals surface area (Å²) in [6.07, 6.45) is 1.34. The Kier molecular flexibility index (Phi) is 7.44. The first kappa shape index (κ1) is 20.2. The van der Waals surface area contributed by atoms with Crippen molar-refractivity contribution in [1.29, 1.82) is 0 Å². The summed E-state index contributed by atoms with van der Waals surface area (Å²) in [5.41, 5.74) is 0.503. The third kappa shape index (κ3) is 5.45. The van der Waals surface area contributed by atoms with Crippen LogP contribution in [-0.4, -0.2) is 50.7 Å². The molecule has 144 valence electrons. The zero-order valence-electron chi connectivity index (χ0n) is 14.7. The molecular weight excluding hydrogens is 368 g/mol. The van der Waals surface area contributed by atoms with Crippen LogP contribution in [0.4, 0.5) is 8.78 Å². The topological polar surface area (TPSA) is 63.2 Å². The number of halogens is 3. The molecule has 2 rings (SSSR count). The van der Waals surface area contributed by atoms with E-state index in [1.807, 2.05) is 4.90 Å². The van der Waals surface area contributed by atoms with Gasteiger partial charge in [0.2, 0.25) is 0 Å². The molecule has 1 saturated heterocycles. The zero-order chi connectivity index (χ0) is 19.1. The van der Waals surface area contributed by atoms with E-state index in [2.05, 4.69) is 15.0 Å². The van der Waals surface area contributed by atoms with E-state index < -0.39 is 6.61 Å². The van der Waals surface area contributed by atoms with Gasteiger partial charge in [-0.2, -0.15) is 8.78 Å². The minimum atomic E-state index is -2.91. The quantitative estimate of drug-likeness (QED) is 0.476. The molecule has 0 aliphatic carbocycles. The van der Waals surface area contributed by atoms with Crippen LogP contribution >= 0.6 is 11.6 Å². The van der Waals surface area contributed by atoms with E-state index in [0.717, 1.165) is 0 Å². The van der Waals surface area contributed by atoms with Gasteiger partial charge in [-0.15, -0.1) is 0 Å². The van der Waals surface area contributed by atoms with Crippen molar-refractivity contribution >= 4 is 23.5 Å². The number of likely N-dealkylation sites (tertiary alicyclic amines) is 1. The fourth-order valence-corrected chi connectivity index (χ4v) is 3.09. The van der Waals surface area contributed by atoms with Crippen LogP contribution in [0.25, 0.3) is 0 Å². The minimum absolute atomic E-state index is 0.0664. The highest BCUT2D eigenvalue weighted by atomic mass is 35.5. The van der Waals surface area contributed by atoms with Gasteiger partial charge >= 0.3 is 12.6 Å². The molecule has 0 atom stereocenters. The van der Waals surface area contributed by atoms with Crippen molar-refractivity contribution < 1.29 is 23.0 Å². The summed E-state index contributed by atoms with van der Waals surface area (Å²) in [4.78, 5) is 17.8. The summed E-state index contributed by atoms with van der Waals surface area (Å²) >= 11 is 5.96. The van der Waals surface area contributed by atoms with Crippen molar-refractivity contribution in [2.75, 3.05) is 27.2 Å². The molecular formula is C17H22ClF2N3O3. The number of carbonyl (C=O) groups is 1. The Morgan fingerprint density at radius 2 is 2.12 bits per heavy atom. The van der Waals surface area contributed by atoms with Crippen molar-refractivity contribution in [3.8, 4) is 5.75 Å². The van der Waals surface area contributed by atoms with Gasteiger partial charge in [-0.1, -0.05) is 11.6 Å². The average Bonchev–Trinajstić information content (AvgIpc) is 2.63. The van der Waals surface area contributed by atoms with E-state index in [4.69, 9.17) is 16.3 Å². The summed E-state index contributed by atoms with van der Waals surface area (Å²) in [6.45, 7) is -1.39. The van der Waals surface area contributed by atoms with Gasteiger partial charge in [-0.3, -0.25) is 9.79 Å². The zero-order valence-corrected chi connectivity index (χ0v) is 15.4. The van der Waals surface area contributed by atoms with E-state index in [9.17, 15) is 13.6 Å². The molecule has 1 aliphatic rings. The fourth-order valence-electron chi connectivity index (χ4n) is 2.90. The Morgan fingerprint density at radius 3 is 2.69 bits per heavy atom. The van der Waals surface area contributed by atoms with Gasteiger partial charge in [-0.25, -0.2) is 0 Å². The first-order valence-electron chi connectivity index (χ1n) is 8.21. The van der Waals surface area contributed by atoms with E-state index in [-0.39, 0.29) is 24.2 Å². The number of alkyl halides is 2. The Balaban J connectivity index is 1.98. The first-order valence-corrected chi connectivity index (χ1v) is 8.59. The number of nitrogens with one attached hydrogen (secondary N) is 1. The third-order valence-electron chi connectivity index (χ3n) is 4.22. The number of carbonyl (C=O) groups excluding carboxylic acids is 1. The van der Waals surface area contributed by atoms with Gasteiger partial charge in [0.25, 0.3) is 0 Å². The highest BCUT2D eigenvalue weighted by Crippen LogP contribution is 2.25. The number of methoxy groups -OCH3 is 1. The van der Waals surface area contributed by atoms with Crippen LogP contribution in [0.1, 0.15) is 18.4 Å². The number of guanidine groups is 1. The Hall–Kier alpha value is -2.09. The van der Waals surface area contributed by atoms with Crippen molar-refractivity contribution in [3.63, 3.8) is 0 Å². The van der Waals surface area contributed by atoms with Gasteiger partial charge in [0.1, 0.15) is 5.75 Å². The molecule has 1 aromatic rings. The highest BCUT2D eigenvalue weighted by Gasteiger charge is 2.27. The second-order valence-corrected chi connectivity index (χ2v) is 6.25. The molecule has 1 fully saturated rings. The summed E-state index contributed by atoms with van der Waals surface area (Å²) in [6, 6.07) is 4.48. The van der Waals surface area contributed by atoms with E-state index in [0.29, 0.717) is 42.5 Å². The number of hydrogen-bond donors (Lipinski definition) is 1. The van der Waals surface area contributed by atoms with Crippen molar-refractivity contribution in [2.24, 2.45) is 10.9 Å². The van der Waals surface area contributed by atoms with Crippen LogP contribution in [0.15, 0.2) is 23.2 Å². The number of nitrogens with zero attached hydrogens (tertiary/aromatic N) is 2. The smallest absolute Gasteiger partial charge is 0.387 e. The maximum atomic E-state index is 12.5. The molecule has 0 radical (unpaired) electrons. The molecule has 0 spiro atoms. The Bertz CT molecular complexity index is 650. The lowest BCUT2D eigenvalue weighted by molar-refractivity contribution is -0.146. The van der Waals surface area contributed by atoms with E-state index in [1.165, 1.54) is 19.2 Å². The summed E-state index contributed by atoms with van der Waals surface area (Å²) in [5.74, 6) is 0.390. The number of benzene rings is 1. The normalized spacial score (nSPS) is 15.9. The van der Waals surface area contributed by atoms with E-state index >= 15 is 0 Å². The molecule has 1 aromatic carbocycles. The molecule has 0 bridgehead atoms. The second-order valence-electron chi connectivity index (χ2n) is 5.82. The van der Waals surface area contributed by atoms with Gasteiger partial charge < -0.3 is 19.7 Å². The van der Waals surface area contributed by atoms with Gasteiger partial charge in [0.15, 0.2) is 5.96 Å². The third-order valence-corrected chi connectivity index (χ3v) is 4.45. The Morgan fingerprint density at radius 1 is 1.42 bits per heavy atom.